The number of amides is 2. The molecule has 6 heteroatoms. The number of carbonyl (C=O) groups excluding carboxylic acids is 1. The van der Waals surface area contributed by atoms with Crippen LogP contribution in [0.1, 0.15) is 12.0 Å². The zero-order chi connectivity index (χ0) is 15.0. The highest BCUT2D eigenvalue weighted by molar-refractivity contribution is 5.93. The van der Waals surface area contributed by atoms with Gasteiger partial charge in [0.05, 0.1) is 19.3 Å². The van der Waals surface area contributed by atoms with Gasteiger partial charge >= 0.3 is 6.09 Å². The van der Waals surface area contributed by atoms with E-state index in [1.54, 1.807) is 11.9 Å². The van der Waals surface area contributed by atoms with E-state index >= 15 is 0 Å². The van der Waals surface area contributed by atoms with Crippen LogP contribution >= 0.6 is 0 Å². The smallest absolute Gasteiger partial charge is 0.408 e. The third-order valence-electron chi connectivity index (χ3n) is 4.43. The first-order chi connectivity index (χ1) is 10.0. The van der Waals surface area contributed by atoms with Crippen molar-refractivity contribution in [3.05, 3.63) is 35.9 Å². The van der Waals surface area contributed by atoms with Gasteiger partial charge in [-0.05, 0) is 5.56 Å². The highest BCUT2D eigenvalue weighted by Crippen LogP contribution is 2.40. The van der Waals surface area contributed by atoms with Crippen molar-refractivity contribution in [2.45, 2.75) is 24.6 Å². The molecule has 2 saturated heterocycles. The number of rotatable bonds is 4. The lowest BCUT2D eigenvalue weighted by molar-refractivity contribution is -0.144. The molecular weight excluding hydrogens is 272 g/mol. The van der Waals surface area contributed by atoms with E-state index in [2.05, 4.69) is 0 Å². The summed E-state index contributed by atoms with van der Waals surface area (Å²) in [6.07, 6.45) is -0.536. The van der Waals surface area contributed by atoms with Gasteiger partial charge in [-0.1, -0.05) is 30.3 Å². The first-order valence-electron chi connectivity index (χ1n) is 6.94. The van der Waals surface area contributed by atoms with E-state index in [0.29, 0.717) is 19.6 Å². The van der Waals surface area contributed by atoms with Gasteiger partial charge in [0.25, 0.3) is 5.91 Å². The van der Waals surface area contributed by atoms with Crippen molar-refractivity contribution >= 4 is 12.0 Å². The summed E-state index contributed by atoms with van der Waals surface area (Å²) in [7, 11) is 1.73. The van der Waals surface area contributed by atoms with Crippen LogP contribution in [-0.4, -0.2) is 58.7 Å². The van der Waals surface area contributed by atoms with E-state index < -0.39 is 11.6 Å². The molecule has 0 spiro atoms. The molecule has 112 valence electrons. The Morgan fingerprint density at radius 2 is 2.14 bits per heavy atom. The van der Waals surface area contributed by atoms with Crippen molar-refractivity contribution in [1.29, 1.82) is 0 Å². The molecule has 2 bridgehead atoms. The summed E-state index contributed by atoms with van der Waals surface area (Å²) in [6, 6.07) is 9.60. The number of likely N-dealkylation sites (tertiary alicyclic amines) is 2. The van der Waals surface area contributed by atoms with Gasteiger partial charge in [-0.15, -0.1) is 0 Å². The zero-order valence-corrected chi connectivity index (χ0v) is 11.9. The predicted molar refractivity (Wildman–Crippen MR) is 74.7 cm³/mol. The molecule has 2 amide bonds. The SMILES string of the molecule is CN1C(=O)[C@]2(COCc3ccccc3)C[C@H]1CN2C(=O)O. The lowest BCUT2D eigenvalue weighted by Crippen LogP contribution is -2.60. The Balaban J connectivity index is 1.72. The van der Waals surface area contributed by atoms with Crippen LogP contribution in [0.4, 0.5) is 4.79 Å². The molecule has 0 saturated carbocycles. The second-order valence-electron chi connectivity index (χ2n) is 5.68. The van der Waals surface area contributed by atoms with E-state index in [1.807, 2.05) is 30.3 Å². The van der Waals surface area contributed by atoms with Crippen molar-refractivity contribution in [3.8, 4) is 0 Å². The van der Waals surface area contributed by atoms with Gasteiger partial charge in [0.1, 0.15) is 0 Å². The first-order valence-corrected chi connectivity index (χ1v) is 6.94. The van der Waals surface area contributed by atoms with Crippen LogP contribution in [-0.2, 0) is 16.1 Å². The van der Waals surface area contributed by atoms with Crippen LogP contribution < -0.4 is 0 Å². The number of hydrogen-bond acceptors (Lipinski definition) is 3. The molecule has 0 unspecified atom stereocenters. The highest BCUT2D eigenvalue weighted by atomic mass is 16.5. The molecule has 3 rings (SSSR count). The fraction of sp³-hybridized carbons (Fsp3) is 0.467. The molecule has 0 radical (unpaired) electrons. The average Bonchev–Trinajstić information content (AvgIpc) is 2.97. The standard InChI is InChI=1S/C15H18N2O4/c1-16-12-7-15(13(16)18,17(8-12)14(19)20)10-21-9-11-5-3-2-4-6-11/h2-6,12H,7-10H2,1H3,(H,19,20)/t12-,15+/m0/s1. The van der Waals surface area contributed by atoms with E-state index in [0.717, 1.165) is 5.56 Å². The lowest BCUT2D eigenvalue weighted by Gasteiger charge is -2.37. The quantitative estimate of drug-likeness (QED) is 0.903. The van der Waals surface area contributed by atoms with Gasteiger partial charge in [-0.25, -0.2) is 4.79 Å². The normalized spacial score (nSPS) is 27.5. The molecule has 2 fully saturated rings. The Kier molecular flexibility index (Phi) is 3.33. The highest BCUT2D eigenvalue weighted by Gasteiger charge is 2.62. The second-order valence-corrected chi connectivity index (χ2v) is 5.68. The Morgan fingerprint density at radius 1 is 1.43 bits per heavy atom. The monoisotopic (exact) mass is 290 g/mol. The molecular formula is C15H18N2O4. The van der Waals surface area contributed by atoms with Crippen LogP contribution in [0, 0.1) is 0 Å². The van der Waals surface area contributed by atoms with E-state index in [9.17, 15) is 14.7 Å². The van der Waals surface area contributed by atoms with Crippen LogP contribution in [0.3, 0.4) is 0 Å². The summed E-state index contributed by atoms with van der Waals surface area (Å²) in [5, 5.41) is 9.32. The molecule has 2 heterocycles. The van der Waals surface area contributed by atoms with Gasteiger partial charge < -0.3 is 14.7 Å². The molecule has 2 aliphatic rings. The first kappa shape index (κ1) is 13.9. The van der Waals surface area contributed by atoms with Crippen molar-refractivity contribution < 1.29 is 19.4 Å². The number of fused-ring (bicyclic) bond motifs is 2. The van der Waals surface area contributed by atoms with Crippen LogP contribution in [0.5, 0.6) is 0 Å². The minimum Gasteiger partial charge on any atom is -0.465 e. The maximum Gasteiger partial charge on any atom is 0.408 e. The molecule has 2 aliphatic heterocycles. The van der Waals surface area contributed by atoms with Crippen molar-refractivity contribution in [1.82, 2.24) is 9.80 Å². The summed E-state index contributed by atoms with van der Waals surface area (Å²) in [4.78, 5) is 26.7. The molecule has 6 nitrogen and oxygen atoms in total. The number of hydrogen-bond donors (Lipinski definition) is 1. The van der Waals surface area contributed by atoms with E-state index in [-0.39, 0.29) is 18.6 Å². The van der Waals surface area contributed by atoms with Crippen molar-refractivity contribution in [3.63, 3.8) is 0 Å². The molecule has 1 aromatic rings. The largest absolute Gasteiger partial charge is 0.465 e. The molecule has 0 aromatic heterocycles. The minimum absolute atomic E-state index is 0.0334. The fourth-order valence-electron chi connectivity index (χ4n) is 3.28. The summed E-state index contributed by atoms with van der Waals surface area (Å²) < 4.78 is 5.67. The minimum atomic E-state index is -1.05. The summed E-state index contributed by atoms with van der Waals surface area (Å²) in [5.74, 6) is -0.158. The maximum atomic E-state index is 12.4. The molecule has 1 N–H and O–H groups in total. The van der Waals surface area contributed by atoms with Gasteiger partial charge in [-0.2, -0.15) is 0 Å². The molecule has 0 aliphatic carbocycles. The fourth-order valence-corrected chi connectivity index (χ4v) is 3.28. The number of benzene rings is 1. The molecule has 2 atom stereocenters. The second kappa shape index (κ2) is 5.04. The lowest BCUT2D eigenvalue weighted by atomic mass is 9.99. The number of piperazine rings is 1. The third-order valence-corrected chi connectivity index (χ3v) is 4.43. The van der Waals surface area contributed by atoms with Crippen molar-refractivity contribution in [2.24, 2.45) is 0 Å². The summed E-state index contributed by atoms with van der Waals surface area (Å²) in [5.41, 5.74) is -0.0378. The summed E-state index contributed by atoms with van der Waals surface area (Å²) in [6.45, 7) is 0.845. The molecule has 1 aromatic carbocycles. The number of carbonyl (C=O) groups is 2. The number of carboxylic acid groups (broad SMARTS) is 1. The van der Waals surface area contributed by atoms with E-state index in [4.69, 9.17) is 4.74 Å². The van der Waals surface area contributed by atoms with E-state index in [1.165, 1.54) is 4.90 Å². The van der Waals surface area contributed by atoms with Crippen molar-refractivity contribution in [2.75, 3.05) is 20.2 Å². The maximum absolute atomic E-state index is 12.4. The average molecular weight is 290 g/mol. The third kappa shape index (κ3) is 2.15. The number of nitrogens with zero attached hydrogens (tertiary/aromatic N) is 2. The number of likely N-dealkylation sites (N-methyl/N-ethyl adjacent to an activating group) is 1. The van der Waals surface area contributed by atoms with Gasteiger partial charge in [-0.3, -0.25) is 9.69 Å². The Hall–Kier alpha value is -2.08. The Bertz CT molecular complexity index is 562. The number of ether oxygens (including phenoxy) is 1. The predicted octanol–water partition coefficient (Wildman–Crippen LogP) is 1.17. The van der Waals surface area contributed by atoms with Crippen LogP contribution in [0.2, 0.25) is 0 Å². The molecule has 21 heavy (non-hydrogen) atoms. The Labute approximate surface area is 122 Å². The van der Waals surface area contributed by atoms with Gasteiger partial charge in [0, 0.05) is 20.0 Å². The van der Waals surface area contributed by atoms with Crippen LogP contribution in [0.15, 0.2) is 30.3 Å². The van der Waals surface area contributed by atoms with Crippen LogP contribution in [0.25, 0.3) is 0 Å². The summed E-state index contributed by atoms with van der Waals surface area (Å²) >= 11 is 0. The van der Waals surface area contributed by atoms with Gasteiger partial charge in [0.2, 0.25) is 0 Å². The topological polar surface area (TPSA) is 70.1 Å². The Morgan fingerprint density at radius 3 is 2.76 bits per heavy atom. The van der Waals surface area contributed by atoms with Gasteiger partial charge in [0.15, 0.2) is 5.54 Å². The zero-order valence-electron chi connectivity index (χ0n) is 11.9.